The van der Waals surface area contributed by atoms with Crippen molar-refractivity contribution in [1.29, 1.82) is 0 Å². The average Bonchev–Trinajstić information content (AvgIpc) is 3.50. The monoisotopic (exact) mass is 669 g/mol. The average molecular weight is 671 g/mol. The van der Waals surface area contributed by atoms with E-state index in [4.69, 9.17) is 4.74 Å². The molecular weight excluding hydrogens is 630 g/mol. The van der Waals surface area contributed by atoms with Crippen LogP contribution in [-0.2, 0) is 26.2 Å². The van der Waals surface area contributed by atoms with Crippen LogP contribution in [0.1, 0.15) is 57.1 Å². The van der Waals surface area contributed by atoms with Gasteiger partial charge in [-0.25, -0.2) is 8.42 Å². The second-order valence-corrected chi connectivity index (χ2v) is 13.5. The molecule has 0 radical (unpaired) electrons. The Morgan fingerprint density at radius 2 is 1.63 bits per heavy atom. The minimum atomic E-state index is -4.15. The van der Waals surface area contributed by atoms with E-state index in [1.807, 2.05) is 45.0 Å². The van der Waals surface area contributed by atoms with Crippen LogP contribution in [0.5, 0.6) is 5.75 Å². The molecule has 3 aromatic rings. The summed E-state index contributed by atoms with van der Waals surface area (Å²) >= 11 is 3.36. The quantitative estimate of drug-likeness (QED) is 0.233. The van der Waals surface area contributed by atoms with Crippen LogP contribution in [0.3, 0.4) is 0 Å². The lowest BCUT2D eigenvalue weighted by Gasteiger charge is -2.34. The maximum Gasteiger partial charge on any atom is 0.264 e. The van der Waals surface area contributed by atoms with Gasteiger partial charge in [0.15, 0.2) is 0 Å². The lowest BCUT2D eigenvalue weighted by atomic mass is 10.1. The summed E-state index contributed by atoms with van der Waals surface area (Å²) in [7, 11) is -4.15. The summed E-state index contributed by atoms with van der Waals surface area (Å²) in [4.78, 5) is 29.5. The molecule has 0 spiro atoms. The number of hydrogen-bond acceptors (Lipinski definition) is 5. The number of carbonyl (C=O) groups excluding carboxylic acids is 2. The normalized spacial score (nSPS) is 14.2. The largest absolute Gasteiger partial charge is 0.494 e. The molecule has 10 heteroatoms. The van der Waals surface area contributed by atoms with Crippen molar-refractivity contribution in [3.63, 3.8) is 0 Å². The van der Waals surface area contributed by atoms with Gasteiger partial charge in [0.05, 0.1) is 17.2 Å². The van der Waals surface area contributed by atoms with Crippen molar-refractivity contribution in [3.8, 4) is 5.75 Å². The number of nitrogens with zero attached hydrogens (tertiary/aromatic N) is 2. The molecular formula is C33H40BrN3O5S. The van der Waals surface area contributed by atoms with Crippen LogP contribution >= 0.6 is 15.9 Å². The summed E-state index contributed by atoms with van der Waals surface area (Å²) in [5.74, 6) is -0.0830. The molecule has 230 valence electrons. The van der Waals surface area contributed by atoms with Crippen molar-refractivity contribution in [3.05, 3.63) is 88.4 Å². The van der Waals surface area contributed by atoms with E-state index in [2.05, 4.69) is 21.2 Å². The van der Waals surface area contributed by atoms with Crippen molar-refractivity contribution in [1.82, 2.24) is 10.2 Å². The number of sulfonamides is 1. The van der Waals surface area contributed by atoms with Gasteiger partial charge in [-0.15, -0.1) is 0 Å². The molecule has 0 unspecified atom stereocenters. The maximum absolute atomic E-state index is 14.3. The van der Waals surface area contributed by atoms with Crippen LogP contribution in [0.25, 0.3) is 0 Å². The molecule has 0 aromatic heterocycles. The van der Waals surface area contributed by atoms with Gasteiger partial charge >= 0.3 is 0 Å². The van der Waals surface area contributed by atoms with E-state index in [9.17, 15) is 18.0 Å². The molecule has 1 aliphatic rings. The van der Waals surface area contributed by atoms with Crippen LogP contribution in [0.2, 0.25) is 0 Å². The minimum absolute atomic E-state index is 0.0499. The van der Waals surface area contributed by atoms with Gasteiger partial charge in [0.2, 0.25) is 11.8 Å². The van der Waals surface area contributed by atoms with E-state index >= 15 is 0 Å². The predicted molar refractivity (Wildman–Crippen MR) is 172 cm³/mol. The van der Waals surface area contributed by atoms with Gasteiger partial charge in [-0.2, -0.15) is 0 Å². The van der Waals surface area contributed by atoms with Crippen LogP contribution in [-0.4, -0.2) is 50.4 Å². The van der Waals surface area contributed by atoms with Gasteiger partial charge in [0, 0.05) is 17.1 Å². The molecule has 1 fully saturated rings. The minimum Gasteiger partial charge on any atom is -0.494 e. The SMILES string of the molecule is CCOc1ccc(N(CC(=O)N(Cc2ccccc2C)[C@H](CC)C(=O)NC2CCCC2)S(=O)(=O)c2ccc(Br)cc2)cc1. The fourth-order valence-electron chi connectivity index (χ4n) is 5.40. The zero-order chi connectivity index (χ0) is 31.0. The van der Waals surface area contributed by atoms with Crippen LogP contribution < -0.4 is 14.4 Å². The second kappa shape index (κ2) is 14.9. The molecule has 0 saturated heterocycles. The highest BCUT2D eigenvalue weighted by Gasteiger charge is 2.34. The maximum atomic E-state index is 14.3. The number of hydrogen-bond donors (Lipinski definition) is 1. The van der Waals surface area contributed by atoms with Crippen LogP contribution in [0, 0.1) is 6.92 Å². The van der Waals surface area contributed by atoms with Gasteiger partial charge in [0.1, 0.15) is 18.3 Å². The zero-order valence-corrected chi connectivity index (χ0v) is 27.4. The molecule has 2 amide bonds. The number of amides is 2. The molecule has 1 N–H and O–H groups in total. The van der Waals surface area contributed by atoms with Crippen molar-refractivity contribution in [2.75, 3.05) is 17.5 Å². The first-order chi connectivity index (χ1) is 20.6. The molecule has 1 aliphatic carbocycles. The Morgan fingerprint density at radius 3 is 2.23 bits per heavy atom. The van der Waals surface area contributed by atoms with Gasteiger partial charge in [0.25, 0.3) is 10.0 Å². The summed E-state index contributed by atoms with van der Waals surface area (Å²) < 4.78 is 35.5. The Bertz CT molecular complexity index is 1490. The predicted octanol–water partition coefficient (Wildman–Crippen LogP) is 6.22. The van der Waals surface area contributed by atoms with Gasteiger partial charge in [-0.1, -0.05) is 60.0 Å². The van der Waals surface area contributed by atoms with Crippen LogP contribution in [0.15, 0.2) is 82.2 Å². The molecule has 0 bridgehead atoms. The number of ether oxygens (including phenoxy) is 1. The Hall–Kier alpha value is -3.37. The van der Waals surface area contributed by atoms with E-state index in [1.54, 1.807) is 36.4 Å². The highest BCUT2D eigenvalue weighted by Crippen LogP contribution is 2.28. The fraction of sp³-hybridized carbons (Fsp3) is 0.394. The standard InChI is InChI=1S/C33H40BrN3O5S/c1-4-31(33(39)35-27-12-8-9-13-27)36(22-25-11-7-6-10-24(25)3)32(38)23-37(28-16-18-29(19-17-28)42-5-2)43(40,41)30-20-14-26(34)15-21-30/h6-7,10-11,14-21,27,31H,4-5,8-9,12-13,22-23H2,1-3H3,(H,35,39)/t31-/m1/s1. The summed E-state index contributed by atoms with van der Waals surface area (Å²) in [5.41, 5.74) is 2.20. The number of aryl methyl sites for hydroxylation is 1. The number of halogens is 1. The first-order valence-corrected chi connectivity index (χ1v) is 17.0. The van der Waals surface area contributed by atoms with Crippen LogP contribution in [0.4, 0.5) is 5.69 Å². The first-order valence-electron chi connectivity index (χ1n) is 14.8. The molecule has 1 saturated carbocycles. The van der Waals surface area contributed by atoms with E-state index in [0.717, 1.165) is 45.6 Å². The highest BCUT2D eigenvalue weighted by molar-refractivity contribution is 9.10. The molecule has 1 atom stereocenters. The first kappa shape index (κ1) is 32.5. The number of anilines is 1. The Balaban J connectivity index is 1.72. The molecule has 0 aliphatic heterocycles. The van der Waals surface area contributed by atoms with Crippen molar-refractivity contribution < 1.29 is 22.7 Å². The highest BCUT2D eigenvalue weighted by atomic mass is 79.9. The van der Waals surface area contributed by atoms with Gasteiger partial charge in [-0.3, -0.25) is 13.9 Å². The summed E-state index contributed by atoms with van der Waals surface area (Å²) in [5, 5.41) is 3.15. The van der Waals surface area contributed by atoms with E-state index in [0.29, 0.717) is 24.5 Å². The Labute approximate surface area is 263 Å². The molecule has 43 heavy (non-hydrogen) atoms. The summed E-state index contributed by atoms with van der Waals surface area (Å²) in [6.07, 6.45) is 4.37. The summed E-state index contributed by atoms with van der Waals surface area (Å²) in [6.45, 7) is 5.87. The topological polar surface area (TPSA) is 96.0 Å². The summed E-state index contributed by atoms with van der Waals surface area (Å²) in [6, 6.07) is 20.0. The smallest absolute Gasteiger partial charge is 0.264 e. The molecule has 3 aromatic carbocycles. The van der Waals surface area contributed by atoms with Gasteiger partial charge in [-0.05, 0) is 92.8 Å². The number of nitrogens with one attached hydrogen (secondary N) is 1. The zero-order valence-electron chi connectivity index (χ0n) is 25.0. The third-order valence-corrected chi connectivity index (χ3v) is 10.1. The number of benzene rings is 3. The van der Waals surface area contributed by atoms with E-state index in [-0.39, 0.29) is 23.4 Å². The van der Waals surface area contributed by atoms with E-state index < -0.39 is 28.5 Å². The Kier molecular flexibility index (Phi) is 11.3. The van der Waals surface area contributed by atoms with Gasteiger partial charge < -0.3 is 15.0 Å². The molecule has 8 nitrogen and oxygen atoms in total. The van der Waals surface area contributed by atoms with E-state index in [1.165, 1.54) is 17.0 Å². The molecule has 0 heterocycles. The van der Waals surface area contributed by atoms with Crippen molar-refractivity contribution >= 4 is 43.5 Å². The second-order valence-electron chi connectivity index (χ2n) is 10.8. The third-order valence-electron chi connectivity index (χ3n) is 7.81. The lowest BCUT2D eigenvalue weighted by molar-refractivity contribution is -0.140. The fourth-order valence-corrected chi connectivity index (χ4v) is 7.07. The van der Waals surface area contributed by atoms with Crippen molar-refractivity contribution in [2.24, 2.45) is 0 Å². The Morgan fingerprint density at radius 1 is 0.977 bits per heavy atom. The third kappa shape index (κ3) is 8.17. The van der Waals surface area contributed by atoms with Crippen molar-refractivity contribution in [2.45, 2.75) is 76.4 Å². The number of rotatable bonds is 13. The lowest BCUT2D eigenvalue weighted by Crippen LogP contribution is -2.53. The molecule has 4 rings (SSSR count). The number of carbonyl (C=O) groups is 2.